The summed E-state index contributed by atoms with van der Waals surface area (Å²) in [4.78, 5) is 65.2. The van der Waals surface area contributed by atoms with E-state index in [2.05, 4.69) is 10.6 Å². The molecule has 0 aromatic heterocycles. The maximum absolute atomic E-state index is 13.2. The first-order valence-corrected chi connectivity index (χ1v) is 13.8. The summed E-state index contributed by atoms with van der Waals surface area (Å²) in [6, 6.07) is 2.15. The lowest BCUT2D eigenvalue weighted by Crippen LogP contribution is -2.75. The Morgan fingerprint density at radius 1 is 1.17 bits per heavy atom. The normalized spacial score (nSPS) is 23.4. The van der Waals surface area contributed by atoms with Crippen molar-refractivity contribution in [2.75, 3.05) is 39.8 Å². The van der Waals surface area contributed by atoms with Crippen LogP contribution in [0, 0.1) is 5.92 Å². The van der Waals surface area contributed by atoms with Crippen LogP contribution in [0.4, 0.5) is 4.79 Å². The number of carbonyl (C=O) groups is 5. The molecule has 1 aromatic rings. The number of ketones is 2. The highest BCUT2D eigenvalue weighted by molar-refractivity contribution is 6.42. The fraction of sp³-hybridized carbons (Fsp3) is 0.577. The van der Waals surface area contributed by atoms with E-state index in [-0.39, 0.29) is 44.9 Å². The third-order valence-corrected chi connectivity index (χ3v) is 8.23. The molecule has 0 aliphatic carbocycles. The number of rotatable bonds is 12. The first-order chi connectivity index (χ1) is 19.3. The van der Waals surface area contributed by atoms with Crippen molar-refractivity contribution in [3.63, 3.8) is 0 Å². The maximum atomic E-state index is 13.2. The summed E-state index contributed by atoms with van der Waals surface area (Å²) in [6.45, 7) is 1.14. The van der Waals surface area contributed by atoms with Gasteiger partial charge in [0.1, 0.15) is 24.0 Å². The summed E-state index contributed by atoms with van der Waals surface area (Å²) in [5, 5.41) is 36.7. The fourth-order valence-corrected chi connectivity index (χ4v) is 5.71. The maximum Gasteiger partial charge on any atom is 0.410 e. The number of nitrogens with one attached hydrogen (secondary N) is 2. The van der Waals surface area contributed by atoms with Gasteiger partial charge in [-0.3, -0.25) is 29.0 Å². The molecule has 3 rings (SSSR count). The Kier molecular flexibility index (Phi) is 11.1. The number of likely N-dealkylation sites (tertiary alicyclic amines) is 1. The number of Topliss-reactive ketones (excluding diaryl/α,β-unsaturated/α-hetero) is 2. The molecule has 15 heteroatoms. The van der Waals surface area contributed by atoms with Crippen LogP contribution in [0.25, 0.3) is 0 Å². The first-order valence-electron chi connectivity index (χ1n) is 13.0. The van der Waals surface area contributed by atoms with Gasteiger partial charge in [0.15, 0.2) is 5.78 Å². The lowest BCUT2D eigenvalue weighted by atomic mass is 9.90. The minimum absolute atomic E-state index is 0.0518. The van der Waals surface area contributed by atoms with Crippen molar-refractivity contribution in [2.45, 2.75) is 50.1 Å². The number of halogens is 2. The number of amides is 1. The zero-order chi connectivity index (χ0) is 30.5. The summed E-state index contributed by atoms with van der Waals surface area (Å²) in [5.41, 5.74) is -1.45. The lowest BCUT2D eigenvalue weighted by Gasteiger charge is -2.52. The monoisotopic (exact) mass is 616 g/mol. The van der Waals surface area contributed by atoms with E-state index in [1.54, 1.807) is 23.1 Å². The molecule has 5 atom stereocenters. The molecule has 2 aliphatic heterocycles. The standard InChI is InChI=1S/C26H34Cl2N4O9/c1-14(33)22(36)23(31-7-5-16(12-31)20(34)10-15-3-4-17(27)18(28)9-15)26(13-30-6-8-32(26)25(39)40)41-21(35)11-19(29-2)24(37)38/h3-4,9,16,19,22-23,29-30,36H,5-8,10-13H2,1-2H3,(H,37,38)(H,39,40)/t16?,19-,22?,23?,26+/m1/s1. The molecule has 2 saturated heterocycles. The summed E-state index contributed by atoms with van der Waals surface area (Å²) in [7, 11) is 1.34. The minimum Gasteiger partial charge on any atom is -0.480 e. The second-order valence-corrected chi connectivity index (χ2v) is 11.0. The Hall–Kier alpha value is -2.81. The number of benzene rings is 1. The molecule has 1 amide bonds. The summed E-state index contributed by atoms with van der Waals surface area (Å²) >= 11 is 12.0. The Labute approximate surface area is 246 Å². The molecule has 1 aromatic carbocycles. The number of aliphatic hydroxyl groups is 1. The van der Waals surface area contributed by atoms with Gasteiger partial charge in [-0.15, -0.1) is 0 Å². The number of aliphatic carboxylic acids is 1. The van der Waals surface area contributed by atoms with Gasteiger partial charge in [0.05, 0.1) is 23.0 Å². The van der Waals surface area contributed by atoms with Gasteiger partial charge in [-0.25, -0.2) is 4.79 Å². The van der Waals surface area contributed by atoms with Crippen LogP contribution in [0.5, 0.6) is 0 Å². The average Bonchev–Trinajstić information content (AvgIpc) is 3.39. The number of carbonyl (C=O) groups excluding carboxylic acids is 3. The fourth-order valence-electron chi connectivity index (χ4n) is 5.39. The Morgan fingerprint density at radius 2 is 1.88 bits per heavy atom. The molecule has 41 heavy (non-hydrogen) atoms. The first kappa shape index (κ1) is 32.7. The lowest BCUT2D eigenvalue weighted by molar-refractivity contribution is -0.213. The van der Waals surface area contributed by atoms with Crippen molar-refractivity contribution >= 4 is 52.8 Å². The number of carboxylic acid groups (broad SMARTS) is 2. The van der Waals surface area contributed by atoms with Crippen molar-refractivity contribution in [1.82, 2.24) is 20.4 Å². The number of carboxylic acids is 1. The average molecular weight is 617 g/mol. The van der Waals surface area contributed by atoms with Gasteiger partial charge in [-0.1, -0.05) is 29.3 Å². The molecular weight excluding hydrogens is 583 g/mol. The number of ether oxygens (including phenoxy) is 1. The zero-order valence-electron chi connectivity index (χ0n) is 22.6. The largest absolute Gasteiger partial charge is 0.480 e. The number of likely N-dealkylation sites (N-methyl/N-ethyl adjacent to an activating group) is 1. The Bertz CT molecular complexity index is 1190. The molecule has 13 nitrogen and oxygen atoms in total. The van der Waals surface area contributed by atoms with Crippen LogP contribution in [0.15, 0.2) is 18.2 Å². The van der Waals surface area contributed by atoms with Gasteiger partial charge in [-0.05, 0) is 44.6 Å². The van der Waals surface area contributed by atoms with Crippen molar-refractivity contribution < 1.29 is 44.0 Å². The summed E-state index contributed by atoms with van der Waals surface area (Å²) in [6.07, 6.45) is -3.51. The van der Waals surface area contributed by atoms with E-state index < -0.39 is 60.1 Å². The number of esters is 1. The highest BCUT2D eigenvalue weighted by atomic mass is 35.5. The topological polar surface area (TPSA) is 186 Å². The van der Waals surface area contributed by atoms with E-state index in [9.17, 15) is 39.3 Å². The van der Waals surface area contributed by atoms with Gasteiger partial charge in [0, 0.05) is 32.0 Å². The van der Waals surface area contributed by atoms with Crippen LogP contribution in [0.3, 0.4) is 0 Å². The summed E-state index contributed by atoms with van der Waals surface area (Å²) < 4.78 is 5.77. The predicted molar refractivity (Wildman–Crippen MR) is 147 cm³/mol. The van der Waals surface area contributed by atoms with Crippen LogP contribution < -0.4 is 10.6 Å². The van der Waals surface area contributed by atoms with Crippen molar-refractivity contribution in [2.24, 2.45) is 5.92 Å². The number of hydrogen-bond donors (Lipinski definition) is 5. The number of aliphatic hydroxyl groups excluding tert-OH is 1. The molecule has 5 N–H and O–H groups in total. The second kappa shape index (κ2) is 13.9. The summed E-state index contributed by atoms with van der Waals surface area (Å²) in [5.74, 6) is -3.74. The van der Waals surface area contributed by atoms with Crippen molar-refractivity contribution in [3.05, 3.63) is 33.8 Å². The third-order valence-electron chi connectivity index (χ3n) is 7.49. The number of piperazine rings is 1. The van der Waals surface area contributed by atoms with E-state index >= 15 is 0 Å². The predicted octanol–water partition coefficient (Wildman–Crippen LogP) is 0.631. The highest BCUT2D eigenvalue weighted by Gasteiger charge is 2.58. The van der Waals surface area contributed by atoms with E-state index in [0.29, 0.717) is 22.0 Å². The molecule has 3 unspecified atom stereocenters. The van der Waals surface area contributed by atoms with E-state index in [1.165, 1.54) is 7.05 Å². The Balaban J connectivity index is 1.94. The second-order valence-electron chi connectivity index (χ2n) is 10.2. The van der Waals surface area contributed by atoms with Crippen LogP contribution in [0.1, 0.15) is 25.3 Å². The van der Waals surface area contributed by atoms with E-state index in [0.717, 1.165) is 11.8 Å². The molecule has 0 radical (unpaired) electrons. The van der Waals surface area contributed by atoms with Crippen molar-refractivity contribution in [3.8, 4) is 0 Å². The van der Waals surface area contributed by atoms with Gasteiger partial charge in [0.2, 0.25) is 5.72 Å². The molecule has 0 saturated carbocycles. The highest BCUT2D eigenvalue weighted by Crippen LogP contribution is 2.35. The molecule has 0 bridgehead atoms. The van der Waals surface area contributed by atoms with Crippen LogP contribution in [-0.4, -0.2) is 118 Å². The molecule has 0 spiro atoms. The quantitative estimate of drug-likeness (QED) is 0.206. The molecule has 2 fully saturated rings. The van der Waals surface area contributed by atoms with Crippen molar-refractivity contribution in [1.29, 1.82) is 0 Å². The molecule has 2 aliphatic rings. The Morgan fingerprint density at radius 3 is 2.46 bits per heavy atom. The molecule has 2 heterocycles. The van der Waals surface area contributed by atoms with E-state index in [4.69, 9.17) is 27.9 Å². The van der Waals surface area contributed by atoms with Crippen LogP contribution in [-0.2, 0) is 30.3 Å². The van der Waals surface area contributed by atoms with E-state index in [1.807, 2.05) is 0 Å². The van der Waals surface area contributed by atoms with Gasteiger partial charge in [0.25, 0.3) is 0 Å². The smallest absolute Gasteiger partial charge is 0.410 e. The number of nitrogens with zero attached hydrogens (tertiary/aromatic N) is 2. The molecular formula is C26H34Cl2N4O9. The van der Waals surface area contributed by atoms with Gasteiger partial charge < -0.3 is 30.7 Å². The van der Waals surface area contributed by atoms with Crippen LogP contribution in [0.2, 0.25) is 10.0 Å². The number of hydrogen-bond acceptors (Lipinski definition) is 10. The molecule has 226 valence electrons. The van der Waals surface area contributed by atoms with Gasteiger partial charge >= 0.3 is 18.0 Å². The van der Waals surface area contributed by atoms with Crippen LogP contribution >= 0.6 is 23.2 Å². The minimum atomic E-state index is -2.11. The third kappa shape index (κ3) is 7.53. The van der Waals surface area contributed by atoms with Gasteiger partial charge in [-0.2, -0.15) is 0 Å². The zero-order valence-corrected chi connectivity index (χ0v) is 24.2. The SMILES string of the molecule is CN[C@H](CC(=O)O[C@]1(C(C(O)C(C)=O)N2CCC(C(=O)Cc3ccc(Cl)c(Cl)c3)C2)CNCCN1C(=O)O)C(=O)O.